The molecule has 0 aliphatic rings. The molecular weight excluding hydrogens is 122 g/mol. The van der Waals surface area contributed by atoms with Gasteiger partial charge in [0.25, 0.3) is 5.91 Å². The molecule has 0 radical (unpaired) electrons. The second-order valence-electron chi connectivity index (χ2n) is 1.80. The molecule has 0 fully saturated rings. The van der Waals surface area contributed by atoms with Gasteiger partial charge in [0.15, 0.2) is 6.10 Å². The molecule has 0 spiro atoms. The van der Waals surface area contributed by atoms with Crippen molar-refractivity contribution in [2.24, 2.45) is 0 Å². The van der Waals surface area contributed by atoms with Crippen molar-refractivity contribution in [3.63, 3.8) is 0 Å². The summed E-state index contributed by atoms with van der Waals surface area (Å²) in [6.07, 6.45) is -2.32. The maximum Gasteiger partial charge on any atom is 0.251 e. The second kappa shape index (κ2) is 3.42. The summed E-state index contributed by atoms with van der Waals surface area (Å²) in [6, 6.07) is 0. The fraction of sp³-hybridized carbons (Fsp3) is 0.800. The number of aliphatic hydroxyl groups excluding tert-OH is 2. The van der Waals surface area contributed by atoms with Crippen LogP contribution in [0.3, 0.4) is 0 Å². The first-order valence-corrected chi connectivity index (χ1v) is 2.67. The molecular formula is C5H11NO3. The van der Waals surface area contributed by atoms with Gasteiger partial charge in [-0.3, -0.25) is 4.79 Å². The summed E-state index contributed by atoms with van der Waals surface area (Å²) >= 11 is 0. The Kier molecular flexibility index (Phi) is 3.19. The minimum atomic E-state index is -1.31. The van der Waals surface area contributed by atoms with Crippen molar-refractivity contribution in [2.45, 2.75) is 19.1 Å². The molecule has 0 aromatic rings. The Labute approximate surface area is 53.5 Å². The monoisotopic (exact) mass is 133 g/mol. The van der Waals surface area contributed by atoms with E-state index in [4.69, 9.17) is 10.2 Å². The van der Waals surface area contributed by atoms with Crippen LogP contribution in [0.4, 0.5) is 0 Å². The van der Waals surface area contributed by atoms with Gasteiger partial charge < -0.3 is 15.5 Å². The minimum absolute atomic E-state index is 0.565. The molecule has 0 aliphatic heterocycles. The van der Waals surface area contributed by atoms with Crippen molar-refractivity contribution in [2.75, 3.05) is 7.05 Å². The maximum atomic E-state index is 10.4. The first-order valence-electron chi connectivity index (χ1n) is 2.67. The van der Waals surface area contributed by atoms with E-state index in [1.165, 1.54) is 14.0 Å². The Morgan fingerprint density at radius 1 is 1.56 bits per heavy atom. The van der Waals surface area contributed by atoms with Crippen molar-refractivity contribution in [3.05, 3.63) is 0 Å². The molecule has 4 nitrogen and oxygen atoms in total. The van der Waals surface area contributed by atoms with Crippen LogP contribution in [-0.4, -0.2) is 35.4 Å². The molecule has 9 heavy (non-hydrogen) atoms. The number of carbonyl (C=O) groups excluding carboxylic acids is 1. The van der Waals surface area contributed by atoms with E-state index in [1.807, 2.05) is 0 Å². The lowest BCUT2D eigenvalue weighted by Gasteiger charge is -2.10. The molecule has 3 N–H and O–H groups in total. The molecule has 54 valence electrons. The highest BCUT2D eigenvalue weighted by Gasteiger charge is 2.17. The van der Waals surface area contributed by atoms with Crippen LogP contribution in [-0.2, 0) is 4.79 Å². The third kappa shape index (κ3) is 2.43. The summed E-state index contributed by atoms with van der Waals surface area (Å²) in [5.41, 5.74) is 0. The molecule has 4 heteroatoms. The first-order chi connectivity index (χ1) is 4.09. The van der Waals surface area contributed by atoms with Gasteiger partial charge in [-0.25, -0.2) is 0 Å². The summed E-state index contributed by atoms with van der Waals surface area (Å²) in [4.78, 5) is 10.4. The van der Waals surface area contributed by atoms with Crippen LogP contribution >= 0.6 is 0 Å². The summed E-state index contributed by atoms with van der Waals surface area (Å²) in [5, 5.41) is 19.5. The van der Waals surface area contributed by atoms with Crippen LogP contribution in [0.25, 0.3) is 0 Å². The van der Waals surface area contributed by atoms with E-state index in [2.05, 4.69) is 5.32 Å². The summed E-state index contributed by atoms with van der Waals surface area (Å²) in [5.74, 6) is -0.565. The Bertz CT molecular complexity index is 102. The molecule has 1 amide bonds. The quantitative estimate of drug-likeness (QED) is 0.428. The lowest BCUT2D eigenvalue weighted by atomic mass is 10.2. The summed E-state index contributed by atoms with van der Waals surface area (Å²) < 4.78 is 0. The van der Waals surface area contributed by atoms with Gasteiger partial charge >= 0.3 is 0 Å². The third-order valence-electron chi connectivity index (χ3n) is 0.972. The van der Waals surface area contributed by atoms with Crippen molar-refractivity contribution in [1.29, 1.82) is 0 Å². The number of hydrogen-bond acceptors (Lipinski definition) is 3. The minimum Gasteiger partial charge on any atom is -0.390 e. The lowest BCUT2D eigenvalue weighted by molar-refractivity contribution is -0.133. The molecule has 0 rings (SSSR count). The van der Waals surface area contributed by atoms with E-state index < -0.39 is 18.1 Å². The van der Waals surface area contributed by atoms with Crippen LogP contribution < -0.4 is 5.32 Å². The predicted molar refractivity (Wildman–Crippen MR) is 31.8 cm³/mol. The van der Waals surface area contributed by atoms with Gasteiger partial charge in [0.1, 0.15) is 0 Å². The topological polar surface area (TPSA) is 69.6 Å². The molecule has 0 unspecified atom stereocenters. The zero-order valence-corrected chi connectivity index (χ0v) is 5.46. The molecule has 0 saturated carbocycles. The number of hydrogen-bond donors (Lipinski definition) is 3. The van der Waals surface area contributed by atoms with Crippen LogP contribution in [0.5, 0.6) is 0 Å². The number of aliphatic hydroxyl groups is 2. The Balaban J connectivity index is 3.72. The summed E-state index contributed by atoms with van der Waals surface area (Å²) in [6.45, 7) is 1.35. The SMILES string of the molecule is CNC(=O)[C@@H](O)[C@H](C)O. The third-order valence-corrected chi connectivity index (χ3v) is 0.972. The summed E-state index contributed by atoms with van der Waals surface area (Å²) in [7, 11) is 1.40. The largest absolute Gasteiger partial charge is 0.390 e. The van der Waals surface area contributed by atoms with E-state index in [0.717, 1.165) is 0 Å². The van der Waals surface area contributed by atoms with E-state index >= 15 is 0 Å². The van der Waals surface area contributed by atoms with Crippen LogP contribution in [0, 0.1) is 0 Å². The molecule has 0 heterocycles. The molecule has 0 aliphatic carbocycles. The zero-order valence-electron chi connectivity index (χ0n) is 5.46. The second-order valence-corrected chi connectivity index (χ2v) is 1.80. The van der Waals surface area contributed by atoms with Crippen molar-refractivity contribution < 1.29 is 15.0 Å². The van der Waals surface area contributed by atoms with Gasteiger partial charge in [-0.05, 0) is 6.92 Å². The fourth-order valence-corrected chi connectivity index (χ4v) is 0.367. The van der Waals surface area contributed by atoms with E-state index in [1.54, 1.807) is 0 Å². The number of rotatable bonds is 2. The number of nitrogens with one attached hydrogen (secondary N) is 1. The van der Waals surface area contributed by atoms with Crippen molar-refractivity contribution in [1.82, 2.24) is 5.32 Å². The van der Waals surface area contributed by atoms with Gasteiger partial charge in [-0.2, -0.15) is 0 Å². The van der Waals surface area contributed by atoms with Crippen molar-refractivity contribution >= 4 is 5.91 Å². The predicted octanol–water partition coefficient (Wildman–Crippen LogP) is -1.53. The van der Waals surface area contributed by atoms with Crippen LogP contribution in [0.1, 0.15) is 6.92 Å². The fourth-order valence-electron chi connectivity index (χ4n) is 0.367. The highest BCUT2D eigenvalue weighted by molar-refractivity contribution is 5.80. The standard InChI is InChI=1S/C5H11NO3/c1-3(7)4(8)5(9)6-2/h3-4,7-8H,1-2H3,(H,6,9)/t3-,4-/m0/s1. The van der Waals surface area contributed by atoms with Gasteiger partial charge in [0.2, 0.25) is 0 Å². The first kappa shape index (κ1) is 8.39. The zero-order chi connectivity index (χ0) is 7.44. The average molecular weight is 133 g/mol. The highest BCUT2D eigenvalue weighted by Crippen LogP contribution is 1.89. The molecule has 2 atom stereocenters. The van der Waals surface area contributed by atoms with E-state index in [-0.39, 0.29) is 0 Å². The Morgan fingerprint density at radius 3 is 2.11 bits per heavy atom. The molecule has 0 saturated heterocycles. The van der Waals surface area contributed by atoms with Crippen LogP contribution in [0.2, 0.25) is 0 Å². The number of carbonyl (C=O) groups is 1. The van der Waals surface area contributed by atoms with Gasteiger partial charge in [-0.15, -0.1) is 0 Å². The van der Waals surface area contributed by atoms with Gasteiger partial charge in [0.05, 0.1) is 6.10 Å². The number of likely N-dealkylation sites (N-methyl/N-ethyl adjacent to an activating group) is 1. The van der Waals surface area contributed by atoms with Crippen molar-refractivity contribution in [3.8, 4) is 0 Å². The number of amides is 1. The highest BCUT2D eigenvalue weighted by atomic mass is 16.3. The average Bonchev–Trinajstić information content (AvgIpc) is 1.84. The molecule has 0 aromatic carbocycles. The van der Waals surface area contributed by atoms with Gasteiger partial charge in [0, 0.05) is 7.05 Å². The Morgan fingerprint density at radius 2 is 2.00 bits per heavy atom. The molecule has 0 bridgehead atoms. The van der Waals surface area contributed by atoms with E-state index in [0.29, 0.717) is 0 Å². The normalized spacial score (nSPS) is 16.4. The smallest absolute Gasteiger partial charge is 0.251 e. The maximum absolute atomic E-state index is 10.4. The molecule has 0 aromatic heterocycles. The Hall–Kier alpha value is -0.610. The van der Waals surface area contributed by atoms with Gasteiger partial charge in [-0.1, -0.05) is 0 Å². The van der Waals surface area contributed by atoms with Crippen LogP contribution in [0.15, 0.2) is 0 Å². The lowest BCUT2D eigenvalue weighted by Crippen LogP contribution is -2.39. The van der Waals surface area contributed by atoms with E-state index in [9.17, 15) is 4.79 Å².